The van der Waals surface area contributed by atoms with Crippen LogP contribution in [0.5, 0.6) is 17.4 Å². The van der Waals surface area contributed by atoms with Gasteiger partial charge in [0.2, 0.25) is 5.88 Å². The van der Waals surface area contributed by atoms with E-state index in [1.54, 1.807) is 46.3 Å². The van der Waals surface area contributed by atoms with Gasteiger partial charge in [0, 0.05) is 47.9 Å². The molecule has 0 atom stereocenters. The first-order valence-corrected chi connectivity index (χ1v) is 16.4. The third kappa shape index (κ3) is 12.7. The van der Waals surface area contributed by atoms with Gasteiger partial charge in [-0.1, -0.05) is 6.07 Å². The minimum Gasteiger partial charge on any atom is -0.491 e. The first-order valence-electron chi connectivity index (χ1n) is 16.4. The van der Waals surface area contributed by atoms with Gasteiger partial charge in [-0.3, -0.25) is 0 Å². The van der Waals surface area contributed by atoms with Crippen molar-refractivity contribution in [2.45, 2.75) is 73.7 Å². The average Bonchev–Trinajstić information content (AvgIpc) is 3.73. The van der Waals surface area contributed by atoms with E-state index in [0.29, 0.717) is 23.3 Å². The van der Waals surface area contributed by atoms with E-state index in [4.69, 9.17) is 18.9 Å². The fourth-order valence-corrected chi connectivity index (χ4v) is 4.46. The number of pyridine rings is 1. The number of carbonyl (C=O) groups excluding carboxylic acids is 2. The van der Waals surface area contributed by atoms with E-state index in [0.717, 1.165) is 28.0 Å². The molecular formula is C38H43N7O6. The van der Waals surface area contributed by atoms with Gasteiger partial charge in [0.1, 0.15) is 24.2 Å². The lowest BCUT2D eigenvalue weighted by molar-refractivity contribution is -0.142. The molecule has 51 heavy (non-hydrogen) atoms. The standard InChI is InChI=1S/C20H20N4O3.C18H23N3O3/c1-14(2)26-19(25)7-9-24-13-22-20(23-24)16-10-15(3)11-17(12-16)27-18-6-4-5-8-21-18;1-12(2)23-16-9-14(5)8-15(10-16)18-19-11-21(20-18)7-6-17(22)24-13(3)4/h4-14H,1-3H3;6-13H,1-5H3/b9-7-;7-6-. The molecule has 0 saturated heterocycles. The fraction of sp³-hybridized carbons (Fsp3) is 0.289. The molecule has 0 fully saturated rings. The van der Waals surface area contributed by atoms with E-state index in [1.807, 2.05) is 76.2 Å². The maximum Gasteiger partial charge on any atom is 0.332 e. The largest absolute Gasteiger partial charge is 0.491 e. The van der Waals surface area contributed by atoms with E-state index in [-0.39, 0.29) is 18.3 Å². The molecule has 3 aromatic heterocycles. The SMILES string of the molecule is Cc1cc(OC(C)C)cc(-c2ncn(/C=C\C(=O)OC(C)C)n2)c1.Cc1cc(Oc2ccccn2)cc(-c2ncn(/C=C\C(=O)OC(C)C)n2)c1. The van der Waals surface area contributed by atoms with Crippen molar-refractivity contribution in [1.82, 2.24) is 34.5 Å². The summed E-state index contributed by atoms with van der Waals surface area (Å²) in [5.41, 5.74) is 3.74. The van der Waals surface area contributed by atoms with Gasteiger partial charge < -0.3 is 18.9 Å². The molecule has 0 aliphatic carbocycles. The minimum absolute atomic E-state index is 0.0973. The highest BCUT2D eigenvalue weighted by Gasteiger charge is 2.10. The van der Waals surface area contributed by atoms with E-state index in [9.17, 15) is 9.59 Å². The van der Waals surface area contributed by atoms with Crippen LogP contribution in [0.3, 0.4) is 0 Å². The minimum atomic E-state index is -0.427. The number of ether oxygens (including phenoxy) is 4. The molecule has 0 bridgehead atoms. The molecule has 0 amide bonds. The molecule has 5 aromatic rings. The zero-order chi connectivity index (χ0) is 36.9. The molecule has 0 saturated carbocycles. The summed E-state index contributed by atoms with van der Waals surface area (Å²) in [6.07, 6.45) is 10.2. The summed E-state index contributed by atoms with van der Waals surface area (Å²) in [6.45, 7) is 15.1. The lowest BCUT2D eigenvalue weighted by Gasteiger charge is -2.11. The number of hydrogen-bond acceptors (Lipinski definition) is 11. The Bertz CT molecular complexity index is 1960. The topological polar surface area (TPSA) is 145 Å². The Morgan fingerprint density at radius 1 is 0.647 bits per heavy atom. The monoisotopic (exact) mass is 693 g/mol. The molecule has 266 valence electrons. The van der Waals surface area contributed by atoms with Crippen LogP contribution in [-0.4, -0.2) is 64.8 Å². The molecule has 13 nitrogen and oxygen atoms in total. The summed E-state index contributed by atoms with van der Waals surface area (Å²) in [5.74, 6) is 2.19. The van der Waals surface area contributed by atoms with Crippen LogP contribution in [0.2, 0.25) is 0 Å². The van der Waals surface area contributed by atoms with Crippen LogP contribution >= 0.6 is 0 Å². The summed E-state index contributed by atoms with van der Waals surface area (Å²) in [5, 5.41) is 8.71. The number of rotatable bonds is 12. The third-order valence-corrected chi connectivity index (χ3v) is 6.30. The van der Waals surface area contributed by atoms with E-state index < -0.39 is 11.9 Å². The molecule has 3 heterocycles. The molecule has 0 radical (unpaired) electrons. The maximum atomic E-state index is 11.6. The Hall–Kier alpha value is -6.11. The van der Waals surface area contributed by atoms with Crippen LogP contribution in [0.4, 0.5) is 0 Å². The van der Waals surface area contributed by atoms with E-state index in [1.165, 1.54) is 40.2 Å². The summed E-state index contributed by atoms with van der Waals surface area (Å²) in [7, 11) is 0. The first-order chi connectivity index (χ1) is 24.3. The van der Waals surface area contributed by atoms with Crippen LogP contribution in [0, 0.1) is 13.8 Å². The number of nitrogens with zero attached hydrogens (tertiary/aromatic N) is 7. The number of aryl methyl sites for hydroxylation is 2. The van der Waals surface area contributed by atoms with Gasteiger partial charge in [-0.2, -0.15) is 0 Å². The molecular weight excluding hydrogens is 650 g/mol. The molecule has 5 rings (SSSR count). The Labute approximate surface area is 297 Å². The van der Waals surface area contributed by atoms with Crippen LogP contribution in [0.1, 0.15) is 52.7 Å². The Kier molecular flexibility index (Phi) is 13.3. The summed E-state index contributed by atoms with van der Waals surface area (Å²) in [6, 6.07) is 17.1. The Morgan fingerprint density at radius 3 is 1.63 bits per heavy atom. The zero-order valence-electron chi connectivity index (χ0n) is 30.0. The Balaban J connectivity index is 0.000000230. The summed E-state index contributed by atoms with van der Waals surface area (Å²) < 4.78 is 24.5. The van der Waals surface area contributed by atoms with Crippen molar-refractivity contribution in [3.8, 4) is 40.2 Å². The highest BCUT2D eigenvalue weighted by Crippen LogP contribution is 2.27. The predicted octanol–water partition coefficient (Wildman–Crippen LogP) is 7.33. The van der Waals surface area contributed by atoms with Gasteiger partial charge in [-0.25, -0.2) is 33.9 Å². The van der Waals surface area contributed by atoms with E-state index >= 15 is 0 Å². The van der Waals surface area contributed by atoms with Gasteiger partial charge >= 0.3 is 11.9 Å². The summed E-state index contributed by atoms with van der Waals surface area (Å²) >= 11 is 0. The van der Waals surface area contributed by atoms with Crippen molar-refractivity contribution in [2.24, 2.45) is 0 Å². The molecule has 0 spiro atoms. The van der Waals surface area contributed by atoms with Crippen molar-refractivity contribution in [3.05, 3.63) is 96.7 Å². The molecule has 0 aliphatic rings. The normalized spacial score (nSPS) is 11.3. The third-order valence-electron chi connectivity index (χ3n) is 6.30. The second-order valence-electron chi connectivity index (χ2n) is 12.2. The fourth-order valence-electron chi connectivity index (χ4n) is 4.46. The molecule has 2 aromatic carbocycles. The molecule has 0 aliphatic heterocycles. The van der Waals surface area contributed by atoms with Crippen molar-refractivity contribution < 1.29 is 28.5 Å². The second kappa shape index (κ2) is 18.0. The lowest BCUT2D eigenvalue weighted by atomic mass is 10.1. The maximum absolute atomic E-state index is 11.6. The highest BCUT2D eigenvalue weighted by molar-refractivity contribution is 5.85. The number of aromatic nitrogens is 7. The van der Waals surface area contributed by atoms with Gasteiger partial charge in [0.15, 0.2) is 11.6 Å². The lowest BCUT2D eigenvalue weighted by Crippen LogP contribution is -2.08. The zero-order valence-corrected chi connectivity index (χ0v) is 30.0. The second-order valence-corrected chi connectivity index (χ2v) is 12.2. The Morgan fingerprint density at radius 2 is 1.16 bits per heavy atom. The van der Waals surface area contributed by atoms with Crippen LogP contribution in [0.25, 0.3) is 35.2 Å². The predicted molar refractivity (Wildman–Crippen MR) is 194 cm³/mol. The summed E-state index contributed by atoms with van der Waals surface area (Å²) in [4.78, 5) is 35.8. The molecule has 13 heteroatoms. The van der Waals surface area contributed by atoms with Gasteiger partial charge in [0.05, 0.1) is 18.3 Å². The average molecular weight is 694 g/mol. The van der Waals surface area contributed by atoms with Crippen LogP contribution in [-0.2, 0) is 19.1 Å². The number of carbonyl (C=O) groups is 2. The van der Waals surface area contributed by atoms with Crippen molar-refractivity contribution in [3.63, 3.8) is 0 Å². The van der Waals surface area contributed by atoms with E-state index in [2.05, 4.69) is 25.1 Å². The number of esters is 2. The van der Waals surface area contributed by atoms with Crippen LogP contribution in [0.15, 0.2) is 85.6 Å². The quantitative estimate of drug-likeness (QED) is 0.0957. The van der Waals surface area contributed by atoms with Crippen molar-refractivity contribution in [2.75, 3.05) is 0 Å². The molecule has 0 unspecified atom stereocenters. The number of hydrogen-bond donors (Lipinski definition) is 0. The smallest absolute Gasteiger partial charge is 0.332 e. The number of benzene rings is 2. The van der Waals surface area contributed by atoms with Crippen molar-refractivity contribution >= 4 is 24.3 Å². The van der Waals surface area contributed by atoms with Crippen LogP contribution < -0.4 is 9.47 Å². The van der Waals surface area contributed by atoms with Gasteiger partial charge in [0.25, 0.3) is 0 Å². The van der Waals surface area contributed by atoms with Gasteiger partial charge in [-0.05, 0) is 109 Å². The first kappa shape index (κ1) is 37.7. The molecule has 0 N–H and O–H groups in total. The highest BCUT2D eigenvalue weighted by atomic mass is 16.5. The van der Waals surface area contributed by atoms with Gasteiger partial charge in [-0.15, -0.1) is 10.2 Å². The van der Waals surface area contributed by atoms with Crippen molar-refractivity contribution in [1.29, 1.82) is 0 Å².